The van der Waals surface area contributed by atoms with Crippen molar-refractivity contribution in [3.05, 3.63) is 30.3 Å². The van der Waals surface area contributed by atoms with Gasteiger partial charge in [-0.3, -0.25) is 14.2 Å². The maximum absolute atomic E-state index is 13.5. The molecule has 0 aromatic heterocycles. The first-order chi connectivity index (χ1) is 10.4. The van der Waals surface area contributed by atoms with Gasteiger partial charge in [0.1, 0.15) is 5.28 Å². The number of ether oxygens (including phenoxy) is 1. The Morgan fingerprint density at radius 3 is 2.41 bits per heavy atom. The molecule has 0 fully saturated rings. The Morgan fingerprint density at radius 2 is 1.91 bits per heavy atom. The molecule has 6 nitrogen and oxygen atoms in total. The molecular formula is C15H22NO5P. The highest BCUT2D eigenvalue weighted by molar-refractivity contribution is 7.68. The molecule has 0 aliphatic heterocycles. The van der Waals surface area contributed by atoms with Gasteiger partial charge < -0.3 is 14.6 Å². The summed E-state index contributed by atoms with van der Waals surface area (Å²) in [4.78, 5) is 22.9. The number of benzene rings is 1. The van der Waals surface area contributed by atoms with E-state index in [0.29, 0.717) is 11.7 Å². The molecule has 7 heteroatoms. The maximum atomic E-state index is 13.5. The Morgan fingerprint density at radius 1 is 1.27 bits per heavy atom. The highest BCUT2D eigenvalue weighted by Crippen LogP contribution is 2.58. The first kappa shape index (κ1) is 18.4. The average Bonchev–Trinajstić information content (AvgIpc) is 2.48. The number of hydrogen-bond donors (Lipinski definition) is 1. The van der Waals surface area contributed by atoms with E-state index < -0.39 is 18.6 Å². The van der Waals surface area contributed by atoms with Gasteiger partial charge in [0.05, 0.1) is 19.6 Å². The fourth-order valence-corrected chi connectivity index (χ4v) is 4.66. The van der Waals surface area contributed by atoms with Crippen molar-refractivity contribution >= 4 is 25.1 Å². The highest BCUT2D eigenvalue weighted by Gasteiger charge is 2.48. The standard InChI is InChI=1S/C15H22NO5P/c1-4-20-14(18)11-15(3,16-12-17)22(19,21-5-2)13-9-7-6-8-10-13/h6-10,12H,4-5,11H2,1-3H3,(H,16,17)/t15-,22?/m1/s1. The van der Waals surface area contributed by atoms with Crippen molar-refractivity contribution in [1.29, 1.82) is 0 Å². The molecule has 122 valence electrons. The Bertz CT molecular complexity index is 548. The molecule has 1 unspecified atom stereocenters. The number of nitrogens with one attached hydrogen (secondary N) is 1. The zero-order chi connectivity index (χ0) is 16.6. The lowest BCUT2D eigenvalue weighted by atomic mass is 10.2. The van der Waals surface area contributed by atoms with Crippen LogP contribution >= 0.6 is 7.37 Å². The number of carbonyl (C=O) groups excluding carboxylic acids is 2. The molecule has 1 rings (SSSR count). The molecule has 2 atom stereocenters. The summed E-state index contributed by atoms with van der Waals surface area (Å²) in [5.74, 6) is -0.546. The monoisotopic (exact) mass is 327 g/mol. The van der Waals surface area contributed by atoms with Crippen LogP contribution in [0.5, 0.6) is 0 Å². The number of hydrogen-bond acceptors (Lipinski definition) is 5. The van der Waals surface area contributed by atoms with Gasteiger partial charge in [0.2, 0.25) is 6.41 Å². The Balaban J connectivity index is 3.30. The van der Waals surface area contributed by atoms with E-state index in [9.17, 15) is 14.2 Å². The van der Waals surface area contributed by atoms with E-state index >= 15 is 0 Å². The number of carbonyl (C=O) groups is 2. The van der Waals surface area contributed by atoms with Gasteiger partial charge >= 0.3 is 5.97 Å². The predicted octanol–water partition coefficient (Wildman–Crippen LogP) is 2.04. The number of esters is 1. The maximum Gasteiger partial charge on any atom is 0.308 e. The molecule has 0 saturated carbocycles. The van der Waals surface area contributed by atoms with Crippen molar-refractivity contribution in [2.24, 2.45) is 0 Å². The summed E-state index contributed by atoms with van der Waals surface area (Å²) in [7, 11) is -3.53. The topological polar surface area (TPSA) is 81.7 Å². The van der Waals surface area contributed by atoms with E-state index in [1.165, 1.54) is 6.92 Å². The van der Waals surface area contributed by atoms with Crippen LogP contribution in [0.1, 0.15) is 27.2 Å². The summed E-state index contributed by atoms with van der Waals surface area (Å²) in [6.45, 7) is 5.32. The molecule has 0 aliphatic carbocycles. The molecule has 0 spiro atoms. The summed E-state index contributed by atoms with van der Waals surface area (Å²) in [5, 5.41) is 1.57. The number of amides is 1. The van der Waals surface area contributed by atoms with Crippen LogP contribution in [0.3, 0.4) is 0 Å². The summed E-state index contributed by atoms with van der Waals surface area (Å²) < 4.78 is 24.0. The SMILES string of the molecule is CCOC(=O)C[C@](C)(NC=O)P(=O)(OCC)c1ccccc1. The lowest BCUT2D eigenvalue weighted by molar-refractivity contribution is -0.144. The predicted molar refractivity (Wildman–Crippen MR) is 84.2 cm³/mol. The molecule has 0 radical (unpaired) electrons. The van der Waals surface area contributed by atoms with Crippen LogP contribution in [-0.4, -0.2) is 30.9 Å². The molecule has 0 saturated heterocycles. The molecule has 0 bridgehead atoms. The third-order valence-corrected chi connectivity index (χ3v) is 6.41. The van der Waals surface area contributed by atoms with Crippen molar-refractivity contribution in [3.8, 4) is 0 Å². The first-order valence-electron chi connectivity index (χ1n) is 7.10. The van der Waals surface area contributed by atoms with Crippen LogP contribution in [0.4, 0.5) is 0 Å². The Labute approximate surface area is 130 Å². The van der Waals surface area contributed by atoms with E-state index in [4.69, 9.17) is 9.26 Å². The fraction of sp³-hybridized carbons (Fsp3) is 0.467. The summed E-state index contributed by atoms with van der Waals surface area (Å²) >= 11 is 0. The number of rotatable bonds is 9. The lowest BCUT2D eigenvalue weighted by Gasteiger charge is -2.36. The van der Waals surface area contributed by atoms with E-state index in [1.54, 1.807) is 44.2 Å². The van der Waals surface area contributed by atoms with Gasteiger partial charge in [0.15, 0.2) is 0 Å². The van der Waals surface area contributed by atoms with Crippen molar-refractivity contribution < 1.29 is 23.4 Å². The van der Waals surface area contributed by atoms with Crippen LogP contribution in [0.2, 0.25) is 0 Å². The van der Waals surface area contributed by atoms with Crippen molar-refractivity contribution in [2.45, 2.75) is 32.5 Å². The van der Waals surface area contributed by atoms with Gasteiger partial charge in [-0.05, 0) is 32.9 Å². The van der Waals surface area contributed by atoms with Crippen LogP contribution in [-0.2, 0) is 23.4 Å². The lowest BCUT2D eigenvalue weighted by Crippen LogP contribution is -2.46. The van der Waals surface area contributed by atoms with Gasteiger partial charge in [-0.2, -0.15) is 0 Å². The van der Waals surface area contributed by atoms with Crippen LogP contribution in [0, 0.1) is 0 Å². The fourth-order valence-electron chi connectivity index (χ4n) is 2.17. The van der Waals surface area contributed by atoms with E-state index in [2.05, 4.69) is 5.32 Å². The Hall–Kier alpha value is -1.65. The zero-order valence-corrected chi connectivity index (χ0v) is 14.0. The van der Waals surface area contributed by atoms with Gasteiger partial charge in [-0.25, -0.2) is 0 Å². The normalized spacial score (nSPS) is 16.1. The summed E-state index contributed by atoms with van der Waals surface area (Å²) in [6.07, 6.45) is 0.180. The second-order valence-corrected chi connectivity index (χ2v) is 7.69. The molecule has 0 heterocycles. The van der Waals surface area contributed by atoms with E-state index in [-0.39, 0.29) is 19.6 Å². The van der Waals surface area contributed by atoms with E-state index in [0.717, 1.165) is 0 Å². The quantitative estimate of drug-likeness (QED) is 0.426. The molecule has 1 aromatic rings. The first-order valence-corrected chi connectivity index (χ1v) is 8.73. The molecule has 1 aromatic carbocycles. The highest BCUT2D eigenvalue weighted by atomic mass is 31.2. The summed E-state index contributed by atoms with van der Waals surface area (Å²) in [5.41, 5.74) is 0. The molecular weight excluding hydrogens is 305 g/mol. The van der Waals surface area contributed by atoms with Crippen LogP contribution < -0.4 is 10.6 Å². The van der Waals surface area contributed by atoms with Crippen molar-refractivity contribution in [3.63, 3.8) is 0 Å². The third-order valence-electron chi connectivity index (χ3n) is 3.22. The van der Waals surface area contributed by atoms with Gasteiger partial charge in [0, 0.05) is 5.30 Å². The molecule has 1 amide bonds. The molecule has 0 aliphatic rings. The molecule has 1 N–H and O–H groups in total. The van der Waals surface area contributed by atoms with Crippen molar-refractivity contribution in [2.75, 3.05) is 13.2 Å². The van der Waals surface area contributed by atoms with E-state index in [1.807, 2.05) is 0 Å². The minimum absolute atomic E-state index is 0.186. The minimum atomic E-state index is -3.53. The van der Waals surface area contributed by atoms with Gasteiger partial charge in [0.25, 0.3) is 7.37 Å². The second-order valence-electron chi connectivity index (χ2n) is 4.82. The smallest absolute Gasteiger partial charge is 0.308 e. The van der Waals surface area contributed by atoms with Gasteiger partial charge in [-0.15, -0.1) is 0 Å². The summed E-state index contributed by atoms with van der Waals surface area (Å²) in [6, 6.07) is 8.56. The van der Waals surface area contributed by atoms with Crippen LogP contribution in [0.15, 0.2) is 30.3 Å². The van der Waals surface area contributed by atoms with Gasteiger partial charge in [-0.1, -0.05) is 18.2 Å². The zero-order valence-electron chi connectivity index (χ0n) is 13.1. The molecule has 22 heavy (non-hydrogen) atoms. The third kappa shape index (κ3) is 3.96. The largest absolute Gasteiger partial charge is 0.466 e. The van der Waals surface area contributed by atoms with Crippen LogP contribution in [0.25, 0.3) is 0 Å². The van der Waals surface area contributed by atoms with Crippen molar-refractivity contribution in [1.82, 2.24) is 5.32 Å². The second kappa shape index (κ2) is 8.11. The average molecular weight is 327 g/mol. The Kier molecular flexibility index (Phi) is 6.78. The minimum Gasteiger partial charge on any atom is -0.466 e.